The van der Waals surface area contributed by atoms with Crippen LogP contribution in [0, 0.1) is 0 Å². The van der Waals surface area contributed by atoms with Crippen molar-refractivity contribution in [1.29, 1.82) is 0 Å². The minimum atomic E-state index is 0.630. The topological polar surface area (TPSA) is 59.9 Å². The fourth-order valence-corrected chi connectivity index (χ4v) is 1.41. The maximum Gasteiger partial charge on any atom is 0.212 e. The summed E-state index contributed by atoms with van der Waals surface area (Å²) >= 11 is 0. The van der Waals surface area contributed by atoms with E-state index in [0.29, 0.717) is 5.88 Å². The van der Waals surface area contributed by atoms with Gasteiger partial charge in [0, 0.05) is 43.3 Å². The molecule has 0 unspecified atom stereocenters. The number of methoxy groups -OCH3 is 1. The van der Waals surface area contributed by atoms with Crippen molar-refractivity contribution < 1.29 is 4.74 Å². The van der Waals surface area contributed by atoms with Crippen molar-refractivity contribution >= 4 is 0 Å². The van der Waals surface area contributed by atoms with Gasteiger partial charge in [-0.1, -0.05) is 6.07 Å². The maximum absolute atomic E-state index is 4.99. The van der Waals surface area contributed by atoms with Gasteiger partial charge in [0.15, 0.2) is 0 Å². The highest BCUT2D eigenvalue weighted by Crippen LogP contribution is 2.06. The molecule has 2 aromatic heterocycles. The van der Waals surface area contributed by atoms with Crippen molar-refractivity contribution in [3.05, 3.63) is 48.2 Å². The molecule has 0 saturated carbocycles. The molecule has 2 rings (SSSR count). The first-order valence-corrected chi connectivity index (χ1v) is 5.32. The number of aromatic nitrogens is 3. The van der Waals surface area contributed by atoms with Gasteiger partial charge in [0.25, 0.3) is 0 Å². The van der Waals surface area contributed by atoms with Crippen LogP contribution in [0.25, 0.3) is 0 Å². The third kappa shape index (κ3) is 3.49. The smallest absolute Gasteiger partial charge is 0.212 e. The number of pyridine rings is 1. The van der Waals surface area contributed by atoms with Gasteiger partial charge in [0.2, 0.25) is 5.88 Å². The van der Waals surface area contributed by atoms with Gasteiger partial charge in [-0.25, -0.2) is 15.0 Å². The first-order valence-electron chi connectivity index (χ1n) is 5.32. The molecule has 0 amide bonds. The average molecular weight is 230 g/mol. The van der Waals surface area contributed by atoms with Gasteiger partial charge in [-0.05, 0) is 5.56 Å². The average Bonchev–Trinajstić information content (AvgIpc) is 2.41. The van der Waals surface area contributed by atoms with E-state index in [9.17, 15) is 0 Å². The van der Waals surface area contributed by atoms with Crippen LogP contribution in [0.15, 0.2) is 37.1 Å². The molecule has 5 nitrogen and oxygen atoms in total. The molecule has 0 fully saturated rings. The molecule has 0 aliphatic carbocycles. The van der Waals surface area contributed by atoms with Gasteiger partial charge < -0.3 is 10.1 Å². The number of ether oxygens (including phenoxy) is 1. The molecular weight excluding hydrogens is 216 g/mol. The number of hydrogen-bond acceptors (Lipinski definition) is 5. The molecule has 2 aromatic rings. The fraction of sp³-hybridized carbons (Fsp3) is 0.250. The van der Waals surface area contributed by atoms with Gasteiger partial charge in [-0.2, -0.15) is 0 Å². The Hall–Kier alpha value is -2.01. The highest BCUT2D eigenvalue weighted by atomic mass is 16.5. The summed E-state index contributed by atoms with van der Waals surface area (Å²) in [5, 5.41) is 3.29. The highest BCUT2D eigenvalue weighted by Gasteiger charge is 1.96. The third-order valence-electron chi connectivity index (χ3n) is 2.28. The van der Waals surface area contributed by atoms with Gasteiger partial charge in [-0.3, -0.25) is 0 Å². The standard InChI is InChI=1S/C12H14N4O/c1-17-12-3-2-10(8-16-12)4-13-5-11-6-14-9-15-7-11/h2-3,6-9,13H,4-5H2,1H3. The zero-order chi connectivity index (χ0) is 11.9. The van der Waals surface area contributed by atoms with Gasteiger partial charge in [0.1, 0.15) is 6.33 Å². The predicted molar refractivity (Wildman–Crippen MR) is 63.4 cm³/mol. The number of hydrogen-bond donors (Lipinski definition) is 1. The maximum atomic E-state index is 4.99. The number of rotatable bonds is 5. The number of nitrogens with zero attached hydrogens (tertiary/aromatic N) is 3. The first-order chi connectivity index (χ1) is 8.38. The summed E-state index contributed by atoms with van der Waals surface area (Å²) in [7, 11) is 1.61. The molecular formula is C12H14N4O. The SMILES string of the molecule is COc1ccc(CNCc2cncnc2)cn1. The Bertz CT molecular complexity index is 444. The van der Waals surface area contributed by atoms with E-state index in [1.807, 2.05) is 12.1 Å². The summed E-state index contributed by atoms with van der Waals surface area (Å²) < 4.78 is 4.99. The van der Waals surface area contributed by atoms with Crippen LogP contribution in [-0.4, -0.2) is 22.1 Å². The van der Waals surface area contributed by atoms with E-state index in [1.54, 1.807) is 25.7 Å². The van der Waals surface area contributed by atoms with Gasteiger partial charge >= 0.3 is 0 Å². The molecule has 0 radical (unpaired) electrons. The molecule has 2 heterocycles. The van der Waals surface area contributed by atoms with Crippen LogP contribution in [-0.2, 0) is 13.1 Å². The summed E-state index contributed by atoms with van der Waals surface area (Å²) in [6, 6.07) is 3.84. The van der Waals surface area contributed by atoms with Crippen molar-refractivity contribution in [2.45, 2.75) is 13.1 Å². The zero-order valence-corrected chi connectivity index (χ0v) is 9.63. The lowest BCUT2D eigenvalue weighted by Crippen LogP contribution is -2.13. The molecule has 0 aliphatic rings. The lowest BCUT2D eigenvalue weighted by Gasteiger charge is -2.04. The quantitative estimate of drug-likeness (QED) is 0.835. The summed E-state index contributed by atoms with van der Waals surface area (Å²) in [6.07, 6.45) is 6.92. The van der Waals surface area contributed by atoms with Crippen molar-refractivity contribution in [1.82, 2.24) is 20.3 Å². The number of nitrogens with one attached hydrogen (secondary N) is 1. The van der Waals surface area contributed by atoms with Gasteiger partial charge in [0.05, 0.1) is 7.11 Å². The summed E-state index contributed by atoms with van der Waals surface area (Å²) in [5.74, 6) is 0.630. The predicted octanol–water partition coefficient (Wildman–Crippen LogP) is 1.17. The Morgan fingerprint density at radius 2 is 1.82 bits per heavy atom. The first kappa shape index (κ1) is 11.5. The molecule has 0 aliphatic heterocycles. The summed E-state index contributed by atoms with van der Waals surface area (Å²) in [4.78, 5) is 12.0. The van der Waals surface area contributed by atoms with Gasteiger partial charge in [-0.15, -0.1) is 0 Å². The van der Waals surface area contributed by atoms with Crippen LogP contribution >= 0.6 is 0 Å². The Morgan fingerprint density at radius 3 is 2.47 bits per heavy atom. The van der Waals surface area contributed by atoms with E-state index >= 15 is 0 Å². The fourth-order valence-electron chi connectivity index (χ4n) is 1.41. The lowest BCUT2D eigenvalue weighted by molar-refractivity contribution is 0.397. The molecule has 0 bridgehead atoms. The molecule has 0 atom stereocenters. The molecule has 0 aromatic carbocycles. The van der Waals surface area contributed by atoms with Crippen LogP contribution in [0.5, 0.6) is 5.88 Å². The van der Waals surface area contributed by atoms with Crippen molar-refractivity contribution in [3.8, 4) is 5.88 Å². The van der Waals surface area contributed by atoms with Crippen LogP contribution in [0.2, 0.25) is 0 Å². The monoisotopic (exact) mass is 230 g/mol. The molecule has 17 heavy (non-hydrogen) atoms. The second-order valence-corrected chi connectivity index (χ2v) is 3.56. The lowest BCUT2D eigenvalue weighted by atomic mass is 10.2. The van der Waals surface area contributed by atoms with Crippen molar-refractivity contribution in [2.24, 2.45) is 0 Å². The van der Waals surface area contributed by atoms with Crippen LogP contribution in [0.4, 0.5) is 0 Å². The van der Waals surface area contributed by atoms with Crippen LogP contribution in [0.1, 0.15) is 11.1 Å². The molecule has 0 spiro atoms. The van der Waals surface area contributed by atoms with E-state index in [2.05, 4.69) is 20.3 Å². The molecule has 88 valence electrons. The highest BCUT2D eigenvalue weighted by molar-refractivity contribution is 5.17. The van der Waals surface area contributed by atoms with E-state index in [-0.39, 0.29) is 0 Å². The summed E-state index contributed by atoms with van der Waals surface area (Å²) in [5.41, 5.74) is 2.18. The van der Waals surface area contributed by atoms with E-state index in [0.717, 1.165) is 24.2 Å². The Labute approximate surface area is 99.9 Å². The second-order valence-electron chi connectivity index (χ2n) is 3.56. The molecule has 1 N–H and O–H groups in total. The summed E-state index contributed by atoms with van der Waals surface area (Å²) in [6.45, 7) is 1.50. The van der Waals surface area contributed by atoms with E-state index in [4.69, 9.17) is 4.74 Å². The molecule has 0 saturated heterocycles. The van der Waals surface area contributed by atoms with Crippen LogP contribution in [0.3, 0.4) is 0 Å². The Morgan fingerprint density at radius 1 is 1.06 bits per heavy atom. The van der Waals surface area contributed by atoms with E-state index in [1.165, 1.54) is 6.33 Å². The van der Waals surface area contributed by atoms with E-state index < -0.39 is 0 Å². The minimum absolute atomic E-state index is 0.630. The minimum Gasteiger partial charge on any atom is -0.481 e. The normalized spacial score (nSPS) is 10.2. The Balaban J connectivity index is 1.82. The van der Waals surface area contributed by atoms with Crippen molar-refractivity contribution in [3.63, 3.8) is 0 Å². The zero-order valence-electron chi connectivity index (χ0n) is 9.63. The van der Waals surface area contributed by atoms with Crippen LogP contribution < -0.4 is 10.1 Å². The third-order valence-corrected chi connectivity index (χ3v) is 2.28. The Kier molecular flexibility index (Phi) is 3.99. The second kappa shape index (κ2) is 5.91. The van der Waals surface area contributed by atoms with Crippen molar-refractivity contribution in [2.75, 3.05) is 7.11 Å². The molecule has 5 heteroatoms. The largest absolute Gasteiger partial charge is 0.481 e.